The third-order valence-electron chi connectivity index (χ3n) is 3.05. The first-order valence-electron chi connectivity index (χ1n) is 6.25. The molecule has 2 N–H and O–H groups in total. The highest BCUT2D eigenvalue weighted by atomic mass is 16.2. The Hall–Kier alpha value is -1.84. The lowest BCUT2D eigenvalue weighted by Crippen LogP contribution is -2.44. The molecule has 1 aromatic rings. The van der Waals surface area contributed by atoms with Gasteiger partial charge in [0.05, 0.1) is 0 Å². The molecule has 0 aliphatic heterocycles. The van der Waals surface area contributed by atoms with E-state index in [1.807, 2.05) is 32.9 Å². The third-order valence-corrected chi connectivity index (χ3v) is 3.05. The van der Waals surface area contributed by atoms with Gasteiger partial charge in [0.1, 0.15) is 0 Å². The van der Waals surface area contributed by atoms with Gasteiger partial charge in [0.2, 0.25) is 5.91 Å². The zero-order chi connectivity index (χ0) is 13.5. The topological polar surface area (TPSA) is 58.2 Å². The number of hydrogen-bond donors (Lipinski definition) is 2. The van der Waals surface area contributed by atoms with Crippen LogP contribution >= 0.6 is 0 Å². The highest BCUT2D eigenvalue weighted by Gasteiger charge is 2.15. The summed E-state index contributed by atoms with van der Waals surface area (Å²) in [4.78, 5) is 23.5. The van der Waals surface area contributed by atoms with Crippen molar-refractivity contribution in [1.82, 2.24) is 10.9 Å². The SMILES string of the molecule is CCC(CC)C(=O)NNC(=O)c1ccccc1C. The lowest BCUT2D eigenvalue weighted by molar-refractivity contribution is -0.125. The molecule has 1 aromatic carbocycles. The van der Waals surface area contributed by atoms with Crippen LogP contribution in [0.5, 0.6) is 0 Å². The number of hydrogen-bond acceptors (Lipinski definition) is 2. The smallest absolute Gasteiger partial charge is 0.269 e. The monoisotopic (exact) mass is 248 g/mol. The zero-order valence-electron chi connectivity index (χ0n) is 11.1. The molecule has 1 rings (SSSR count). The van der Waals surface area contributed by atoms with Crippen LogP contribution in [-0.2, 0) is 4.79 Å². The van der Waals surface area contributed by atoms with Gasteiger partial charge in [-0.1, -0.05) is 32.0 Å². The highest BCUT2D eigenvalue weighted by Crippen LogP contribution is 2.07. The Morgan fingerprint density at radius 1 is 1.11 bits per heavy atom. The maximum absolute atomic E-state index is 11.8. The fraction of sp³-hybridized carbons (Fsp3) is 0.429. The molecule has 0 radical (unpaired) electrons. The summed E-state index contributed by atoms with van der Waals surface area (Å²) in [6.07, 6.45) is 1.53. The fourth-order valence-corrected chi connectivity index (χ4v) is 1.77. The molecule has 0 aliphatic rings. The largest absolute Gasteiger partial charge is 0.273 e. The van der Waals surface area contributed by atoms with Gasteiger partial charge in [-0.25, -0.2) is 0 Å². The lowest BCUT2D eigenvalue weighted by atomic mass is 10.0. The van der Waals surface area contributed by atoms with Crippen molar-refractivity contribution in [2.75, 3.05) is 0 Å². The van der Waals surface area contributed by atoms with E-state index in [9.17, 15) is 9.59 Å². The summed E-state index contributed by atoms with van der Waals surface area (Å²) >= 11 is 0. The van der Waals surface area contributed by atoms with Gasteiger partial charge in [-0.2, -0.15) is 0 Å². The first-order chi connectivity index (χ1) is 8.60. The van der Waals surface area contributed by atoms with E-state index in [1.54, 1.807) is 12.1 Å². The van der Waals surface area contributed by atoms with Crippen molar-refractivity contribution in [2.24, 2.45) is 5.92 Å². The van der Waals surface area contributed by atoms with E-state index in [-0.39, 0.29) is 17.7 Å². The van der Waals surface area contributed by atoms with E-state index in [1.165, 1.54) is 0 Å². The van der Waals surface area contributed by atoms with E-state index >= 15 is 0 Å². The molecule has 0 fully saturated rings. The average molecular weight is 248 g/mol. The van der Waals surface area contributed by atoms with E-state index in [2.05, 4.69) is 10.9 Å². The number of benzene rings is 1. The summed E-state index contributed by atoms with van der Waals surface area (Å²) < 4.78 is 0. The van der Waals surface area contributed by atoms with Crippen molar-refractivity contribution >= 4 is 11.8 Å². The second kappa shape index (κ2) is 6.79. The summed E-state index contributed by atoms with van der Waals surface area (Å²) in [7, 11) is 0. The number of hydrazine groups is 1. The molecular formula is C14H20N2O2. The minimum absolute atomic E-state index is 0.0535. The van der Waals surface area contributed by atoms with Crippen LogP contribution in [0.25, 0.3) is 0 Å². The molecule has 0 heterocycles. The zero-order valence-corrected chi connectivity index (χ0v) is 11.1. The predicted octanol–water partition coefficient (Wildman–Crippen LogP) is 2.19. The van der Waals surface area contributed by atoms with Crippen LogP contribution in [-0.4, -0.2) is 11.8 Å². The van der Waals surface area contributed by atoms with Gasteiger partial charge in [0.15, 0.2) is 0 Å². The van der Waals surface area contributed by atoms with Gasteiger partial charge < -0.3 is 0 Å². The van der Waals surface area contributed by atoms with Crippen LogP contribution < -0.4 is 10.9 Å². The Bertz CT molecular complexity index is 426. The molecule has 0 unspecified atom stereocenters. The predicted molar refractivity (Wildman–Crippen MR) is 70.9 cm³/mol. The van der Waals surface area contributed by atoms with Crippen LogP contribution in [0.3, 0.4) is 0 Å². The number of aryl methyl sites for hydroxylation is 1. The number of rotatable bonds is 4. The van der Waals surface area contributed by atoms with Crippen molar-refractivity contribution in [2.45, 2.75) is 33.6 Å². The maximum Gasteiger partial charge on any atom is 0.269 e. The number of amides is 2. The van der Waals surface area contributed by atoms with Crippen molar-refractivity contribution in [3.63, 3.8) is 0 Å². The molecular weight excluding hydrogens is 228 g/mol. The standard InChI is InChI=1S/C14H20N2O2/c1-4-11(5-2)13(17)15-16-14(18)12-9-7-6-8-10(12)3/h6-9,11H,4-5H2,1-3H3,(H,15,17)(H,16,18). The molecule has 2 amide bonds. The first-order valence-corrected chi connectivity index (χ1v) is 6.25. The van der Waals surface area contributed by atoms with E-state index in [4.69, 9.17) is 0 Å². The number of nitrogens with one attached hydrogen (secondary N) is 2. The Labute approximate surface area is 108 Å². The van der Waals surface area contributed by atoms with Crippen LogP contribution in [0, 0.1) is 12.8 Å². The van der Waals surface area contributed by atoms with E-state index < -0.39 is 0 Å². The molecule has 0 aromatic heterocycles. The Morgan fingerprint density at radius 2 is 1.72 bits per heavy atom. The van der Waals surface area contributed by atoms with E-state index in [0.717, 1.165) is 18.4 Å². The summed E-state index contributed by atoms with van der Waals surface area (Å²) in [6, 6.07) is 7.26. The van der Waals surface area contributed by atoms with Crippen LogP contribution in [0.2, 0.25) is 0 Å². The molecule has 0 bridgehead atoms. The molecule has 0 saturated carbocycles. The van der Waals surface area contributed by atoms with Gasteiger partial charge in [0.25, 0.3) is 5.91 Å². The van der Waals surface area contributed by atoms with Crippen LogP contribution in [0.15, 0.2) is 24.3 Å². The second-order valence-electron chi connectivity index (χ2n) is 4.27. The molecule has 0 saturated heterocycles. The summed E-state index contributed by atoms with van der Waals surface area (Å²) in [6.45, 7) is 5.77. The van der Waals surface area contributed by atoms with Gasteiger partial charge in [-0.05, 0) is 31.4 Å². The van der Waals surface area contributed by atoms with Crippen molar-refractivity contribution in [3.8, 4) is 0 Å². The first kappa shape index (κ1) is 14.2. The lowest BCUT2D eigenvalue weighted by Gasteiger charge is -2.14. The minimum atomic E-state index is -0.285. The Morgan fingerprint density at radius 3 is 2.28 bits per heavy atom. The van der Waals surface area contributed by atoms with Crippen molar-refractivity contribution in [3.05, 3.63) is 35.4 Å². The fourth-order valence-electron chi connectivity index (χ4n) is 1.77. The number of carbonyl (C=O) groups is 2. The normalized spacial score (nSPS) is 10.2. The molecule has 0 spiro atoms. The minimum Gasteiger partial charge on any atom is -0.273 e. The van der Waals surface area contributed by atoms with Gasteiger partial charge in [0, 0.05) is 11.5 Å². The summed E-state index contributed by atoms with van der Waals surface area (Å²) in [5, 5.41) is 0. The molecule has 4 heteroatoms. The molecule has 98 valence electrons. The molecule has 4 nitrogen and oxygen atoms in total. The van der Waals surface area contributed by atoms with Gasteiger partial charge in [-0.15, -0.1) is 0 Å². The molecule has 0 atom stereocenters. The highest BCUT2D eigenvalue weighted by molar-refractivity contribution is 5.96. The number of carbonyl (C=O) groups excluding carboxylic acids is 2. The van der Waals surface area contributed by atoms with Gasteiger partial charge in [-0.3, -0.25) is 20.4 Å². The maximum atomic E-state index is 11.8. The summed E-state index contributed by atoms with van der Waals surface area (Å²) in [5.41, 5.74) is 6.37. The Balaban J connectivity index is 2.57. The second-order valence-corrected chi connectivity index (χ2v) is 4.27. The van der Waals surface area contributed by atoms with Crippen molar-refractivity contribution in [1.29, 1.82) is 0 Å². The Kier molecular flexibility index (Phi) is 5.36. The average Bonchev–Trinajstić information content (AvgIpc) is 2.38. The molecule has 0 aliphatic carbocycles. The molecule has 18 heavy (non-hydrogen) atoms. The van der Waals surface area contributed by atoms with E-state index in [0.29, 0.717) is 5.56 Å². The van der Waals surface area contributed by atoms with Crippen LogP contribution in [0.4, 0.5) is 0 Å². The summed E-state index contributed by atoms with van der Waals surface area (Å²) in [5.74, 6) is -0.475. The van der Waals surface area contributed by atoms with Crippen LogP contribution in [0.1, 0.15) is 42.6 Å². The van der Waals surface area contributed by atoms with Gasteiger partial charge >= 0.3 is 0 Å². The third kappa shape index (κ3) is 3.58. The quantitative estimate of drug-likeness (QED) is 0.802. The van der Waals surface area contributed by atoms with Crippen molar-refractivity contribution < 1.29 is 9.59 Å².